The maximum Gasteiger partial charge on any atom is 0.0926 e. The normalized spacial score (nSPS) is 12.7. The van der Waals surface area contributed by atoms with Crippen LogP contribution < -0.4 is 10.6 Å². The van der Waals surface area contributed by atoms with Gasteiger partial charge in [-0.1, -0.05) is 25.1 Å². The van der Waals surface area contributed by atoms with Gasteiger partial charge in [0, 0.05) is 30.7 Å². The molecule has 20 heavy (non-hydrogen) atoms. The van der Waals surface area contributed by atoms with Gasteiger partial charge >= 0.3 is 0 Å². The Kier molecular flexibility index (Phi) is 5.40. The smallest absolute Gasteiger partial charge is 0.0926 e. The highest BCUT2D eigenvalue weighted by atomic mass is 35.5. The van der Waals surface area contributed by atoms with E-state index < -0.39 is 0 Å². The SMILES string of the molecule is CCc1nc(CNCc2cccc3c2NCC3)cs1.Cl. The van der Waals surface area contributed by atoms with Gasteiger partial charge in [0.2, 0.25) is 0 Å². The Morgan fingerprint density at radius 1 is 1.35 bits per heavy atom. The van der Waals surface area contributed by atoms with Crippen LogP contribution in [0.25, 0.3) is 0 Å². The third-order valence-electron chi connectivity index (χ3n) is 3.46. The van der Waals surface area contributed by atoms with Gasteiger partial charge in [0.15, 0.2) is 0 Å². The maximum atomic E-state index is 4.57. The number of thiazole rings is 1. The minimum atomic E-state index is 0. The summed E-state index contributed by atoms with van der Waals surface area (Å²) in [4.78, 5) is 4.57. The molecule has 1 aliphatic heterocycles. The lowest BCUT2D eigenvalue weighted by Gasteiger charge is -2.09. The average Bonchev–Trinajstić information content (AvgIpc) is 3.07. The van der Waals surface area contributed by atoms with Crippen LogP contribution in [0.5, 0.6) is 0 Å². The molecule has 0 saturated carbocycles. The van der Waals surface area contributed by atoms with Crippen molar-refractivity contribution in [2.75, 3.05) is 11.9 Å². The zero-order chi connectivity index (χ0) is 13.1. The molecule has 108 valence electrons. The largest absolute Gasteiger partial charge is 0.384 e. The van der Waals surface area contributed by atoms with E-state index in [9.17, 15) is 0 Å². The van der Waals surface area contributed by atoms with Crippen LogP contribution in [-0.4, -0.2) is 11.5 Å². The first-order valence-electron chi connectivity index (χ1n) is 6.85. The van der Waals surface area contributed by atoms with E-state index in [1.54, 1.807) is 11.3 Å². The Morgan fingerprint density at radius 3 is 3.05 bits per heavy atom. The van der Waals surface area contributed by atoms with E-state index in [4.69, 9.17) is 0 Å². The molecule has 3 nitrogen and oxygen atoms in total. The van der Waals surface area contributed by atoms with Crippen LogP contribution in [0.15, 0.2) is 23.6 Å². The molecule has 0 amide bonds. The van der Waals surface area contributed by atoms with Crippen LogP contribution in [0.3, 0.4) is 0 Å². The fourth-order valence-corrected chi connectivity index (χ4v) is 3.22. The van der Waals surface area contributed by atoms with E-state index in [1.807, 2.05) is 0 Å². The number of halogens is 1. The average molecular weight is 310 g/mol. The van der Waals surface area contributed by atoms with Gasteiger partial charge in [-0.2, -0.15) is 0 Å². The minimum absolute atomic E-state index is 0. The lowest BCUT2D eigenvalue weighted by Crippen LogP contribution is -2.14. The van der Waals surface area contributed by atoms with Gasteiger partial charge in [-0.3, -0.25) is 0 Å². The summed E-state index contributed by atoms with van der Waals surface area (Å²) in [5, 5.41) is 10.3. The molecule has 0 bridgehead atoms. The highest BCUT2D eigenvalue weighted by molar-refractivity contribution is 7.09. The lowest BCUT2D eigenvalue weighted by atomic mass is 10.1. The van der Waals surface area contributed by atoms with E-state index in [-0.39, 0.29) is 12.4 Å². The Bertz CT molecular complexity index is 568. The quantitative estimate of drug-likeness (QED) is 0.889. The van der Waals surface area contributed by atoms with Crippen LogP contribution in [-0.2, 0) is 25.9 Å². The van der Waals surface area contributed by atoms with Crippen molar-refractivity contribution in [1.29, 1.82) is 0 Å². The Morgan fingerprint density at radius 2 is 2.25 bits per heavy atom. The topological polar surface area (TPSA) is 37.0 Å². The summed E-state index contributed by atoms with van der Waals surface area (Å²) in [5.41, 5.74) is 5.30. The molecule has 1 aromatic heterocycles. The van der Waals surface area contributed by atoms with E-state index in [1.165, 1.54) is 21.8 Å². The molecule has 2 heterocycles. The fraction of sp³-hybridized carbons (Fsp3) is 0.400. The van der Waals surface area contributed by atoms with Gasteiger partial charge in [-0.05, 0) is 24.0 Å². The van der Waals surface area contributed by atoms with Crippen molar-refractivity contribution < 1.29 is 0 Å². The summed E-state index contributed by atoms with van der Waals surface area (Å²) < 4.78 is 0. The van der Waals surface area contributed by atoms with Gasteiger partial charge < -0.3 is 10.6 Å². The standard InChI is InChI=1S/C15H19N3S.ClH/c1-2-14-18-13(10-19-14)9-16-8-12-5-3-4-11-6-7-17-15(11)12;/h3-5,10,16-17H,2,6-9H2,1H3;1H. The summed E-state index contributed by atoms with van der Waals surface area (Å²) in [6, 6.07) is 6.57. The van der Waals surface area contributed by atoms with Crippen molar-refractivity contribution in [2.24, 2.45) is 0 Å². The summed E-state index contributed by atoms with van der Waals surface area (Å²) >= 11 is 1.75. The molecule has 2 aromatic rings. The molecule has 1 aliphatic rings. The summed E-state index contributed by atoms with van der Waals surface area (Å²) in [6.45, 7) is 4.96. The molecule has 0 atom stereocenters. The van der Waals surface area contributed by atoms with E-state index >= 15 is 0 Å². The third kappa shape index (κ3) is 3.32. The van der Waals surface area contributed by atoms with Gasteiger partial charge in [0.25, 0.3) is 0 Å². The zero-order valence-corrected chi connectivity index (χ0v) is 13.2. The van der Waals surface area contributed by atoms with E-state index in [2.05, 4.69) is 46.1 Å². The molecule has 1 aromatic carbocycles. The number of hydrogen-bond acceptors (Lipinski definition) is 4. The number of nitrogens with one attached hydrogen (secondary N) is 2. The second-order valence-corrected chi connectivity index (χ2v) is 5.76. The number of para-hydroxylation sites is 1. The number of nitrogens with zero attached hydrogens (tertiary/aromatic N) is 1. The molecule has 2 N–H and O–H groups in total. The highest BCUT2D eigenvalue weighted by Gasteiger charge is 2.13. The number of rotatable bonds is 5. The highest BCUT2D eigenvalue weighted by Crippen LogP contribution is 2.26. The fourth-order valence-electron chi connectivity index (χ4n) is 2.48. The molecule has 0 spiro atoms. The number of aromatic nitrogens is 1. The van der Waals surface area contributed by atoms with Crippen molar-refractivity contribution in [3.63, 3.8) is 0 Å². The first-order chi connectivity index (χ1) is 9.36. The van der Waals surface area contributed by atoms with Crippen molar-refractivity contribution in [2.45, 2.75) is 32.9 Å². The summed E-state index contributed by atoms with van der Waals surface area (Å²) in [6.07, 6.45) is 2.18. The monoisotopic (exact) mass is 309 g/mol. The first-order valence-corrected chi connectivity index (χ1v) is 7.73. The number of fused-ring (bicyclic) bond motifs is 1. The molecular weight excluding hydrogens is 290 g/mol. The van der Waals surface area contributed by atoms with Crippen molar-refractivity contribution in [3.8, 4) is 0 Å². The molecule has 0 unspecified atom stereocenters. The van der Waals surface area contributed by atoms with Crippen LogP contribution in [0.2, 0.25) is 0 Å². The van der Waals surface area contributed by atoms with Gasteiger partial charge in [0.05, 0.1) is 10.7 Å². The van der Waals surface area contributed by atoms with Gasteiger partial charge in [-0.15, -0.1) is 23.7 Å². The van der Waals surface area contributed by atoms with Crippen molar-refractivity contribution >= 4 is 29.4 Å². The lowest BCUT2D eigenvalue weighted by molar-refractivity contribution is 0.682. The van der Waals surface area contributed by atoms with Gasteiger partial charge in [0.1, 0.15) is 0 Å². The molecule has 0 radical (unpaired) electrons. The second-order valence-electron chi connectivity index (χ2n) is 4.82. The third-order valence-corrected chi connectivity index (χ3v) is 4.50. The molecule has 0 fully saturated rings. The van der Waals surface area contributed by atoms with E-state index in [0.29, 0.717) is 0 Å². The number of benzene rings is 1. The Labute approximate surface area is 130 Å². The molecular formula is C15H20ClN3S. The molecule has 5 heteroatoms. The Hall–Kier alpha value is -1.10. The van der Waals surface area contributed by atoms with Crippen LogP contribution in [0.4, 0.5) is 5.69 Å². The van der Waals surface area contributed by atoms with E-state index in [0.717, 1.165) is 38.2 Å². The van der Waals surface area contributed by atoms with Crippen LogP contribution in [0.1, 0.15) is 28.8 Å². The first kappa shape index (κ1) is 15.3. The van der Waals surface area contributed by atoms with Crippen molar-refractivity contribution in [3.05, 3.63) is 45.4 Å². The molecule has 0 saturated heterocycles. The summed E-state index contributed by atoms with van der Waals surface area (Å²) in [5.74, 6) is 0. The Balaban J connectivity index is 0.00000147. The molecule has 3 rings (SSSR count). The number of aryl methyl sites for hydroxylation is 1. The number of anilines is 1. The number of hydrogen-bond donors (Lipinski definition) is 2. The predicted octanol–water partition coefficient (Wildman–Crippen LogP) is 3.39. The molecule has 0 aliphatic carbocycles. The summed E-state index contributed by atoms with van der Waals surface area (Å²) in [7, 11) is 0. The minimum Gasteiger partial charge on any atom is -0.384 e. The maximum absolute atomic E-state index is 4.57. The van der Waals surface area contributed by atoms with Crippen LogP contribution >= 0.6 is 23.7 Å². The van der Waals surface area contributed by atoms with Crippen LogP contribution in [0, 0.1) is 0 Å². The van der Waals surface area contributed by atoms with Crippen molar-refractivity contribution in [1.82, 2.24) is 10.3 Å². The zero-order valence-electron chi connectivity index (χ0n) is 11.6. The predicted molar refractivity (Wildman–Crippen MR) is 87.9 cm³/mol. The second kappa shape index (κ2) is 7.07. The van der Waals surface area contributed by atoms with Gasteiger partial charge in [-0.25, -0.2) is 4.98 Å².